The number of hydrogen-bond acceptors (Lipinski definition) is 19. The van der Waals surface area contributed by atoms with Gasteiger partial charge >= 0.3 is 5.97 Å². The standard InChI is InChI=1S/C76H113N21O14S2/c1-41(98)61(59(101)37-46(20-14-30-85-72(79)80)63(102)96-62(71(110)111)75(3,4)5)95-64(103)49-38-58(100)57-26-17-33-97(57)70(109)55(36-47-39-88-50-22-11-10-21-48(47)50)94-68(107)54(35-43-28-29-44-18-8-9-19-45(44)34-43)93-67(106)53(25-16-32-87-74(83)84)91-66(105)52(24-15-31-86-73(81)82)90-65(104)51(23-12-13-27-60(77)78)92-69(108)56(89-42(2)99)40-112-113-76(49,6)7/h8-11,18-19,21-22,28-29,34,39,41,46,49,51-57,61-62,88,98H,12-17,20,23-27,30-33,35-38,40H2,1-7H3,(H3,77,78)(H,89,99)(H,90,104)(H,91,105)(H,92,108)(H,93,106)(H,94,107)(H,95,103)(H,96,102)(H,110,111)(H4,79,80,85)(H4,81,82,86)(H4,83,84,87)/t41-,46-,49-,51-,52+,53+,54+,55+,56+,57+,61+,62-/m1/s1. The van der Waals surface area contributed by atoms with Gasteiger partial charge in [-0.25, -0.2) is 4.79 Å². The van der Waals surface area contributed by atoms with Crippen molar-refractivity contribution in [2.24, 2.45) is 72.4 Å². The number of rotatable bonds is 31. The van der Waals surface area contributed by atoms with Crippen molar-refractivity contribution in [3.05, 3.63) is 84.1 Å². The normalized spacial score (nSPS) is 21.6. The number of H-pyrrole nitrogens is 1. The Bertz CT molecular complexity index is 4130. The first kappa shape index (κ1) is 91.3. The summed E-state index contributed by atoms with van der Waals surface area (Å²) in [4.78, 5) is 194. The fourth-order valence-corrected chi connectivity index (χ4v) is 16.5. The number of carboxylic acids is 1. The number of aliphatic imine (C=N–C) groups is 3. The Morgan fingerprint density at radius 2 is 1.24 bits per heavy atom. The van der Waals surface area contributed by atoms with Crippen molar-refractivity contribution >= 4 is 138 Å². The second-order valence-electron chi connectivity index (χ2n) is 30.2. The minimum absolute atomic E-state index is 0.0112. The number of nitrogens with one attached hydrogen (secondary N) is 10. The number of aromatic nitrogens is 1. The van der Waals surface area contributed by atoms with Crippen LogP contribution in [0.5, 0.6) is 0 Å². The molecule has 2 saturated heterocycles. The second-order valence-corrected chi connectivity index (χ2v) is 33.2. The van der Waals surface area contributed by atoms with Crippen molar-refractivity contribution in [3.63, 3.8) is 0 Å². The molecule has 2 aliphatic rings. The van der Waals surface area contributed by atoms with Crippen LogP contribution in [0.2, 0.25) is 0 Å². The number of nitrogens with two attached hydrogens (primary N) is 7. The highest BCUT2D eigenvalue weighted by Gasteiger charge is 2.46. The molecule has 0 aliphatic carbocycles. The van der Waals surface area contributed by atoms with E-state index in [1.807, 2.05) is 54.6 Å². The molecule has 35 nitrogen and oxygen atoms in total. The van der Waals surface area contributed by atoms with E-state index in [2.05, 4.69) is 62.5 Å². The molecule has 3 heterocycles. The zero-order valence-corrected chi connectivity index (χ0v) is 66.8. The summed E-state index contributed by atoms with van der Waals surface area (Å²) < 4.78 is -1.45. The number of fused-ring (bicyclic) bond motifs is 3. The van der Waals surface area contributed by atoms with E-state index in [0.717, 1.165) is 39.3 Å². The molecular formula is C76H113N21O14S2. The van der Waals surface area contributed by atoms with Gasteiger partial charge in [0, 0.05) is 98.7 Å². The number of aliphatic hydroxyl groups excluding tert-OH is 1. The van der Waals surface area contributed by atoms with Gasteiger partial charge in [-0.05, 0) is 118 Å². The number of carbonyl (C=O) groups excluding carboxylic acids is 11. The van der Waals surface area contributed by atoms with Gasteiger partial charge in [0.15, 0.2) is 29.4 Å². The molecule has 113 heavy (non-hydrogen) atoms. The summed E-state index contributed by atoms with van der Waals surface area (Å²) in [5.41, 5.74) is 40.5. The van der Waals surface area contributed by atoms with E-state index in [1.54, 1.807) is 52.9 Å². The smallest absolute Gasteiger partial charge is 0.326 e. The molecule has 0 radical (unpaired) electrons. The number of aromatic amines is 1. The van der Waals surface area contributed by atoms with Crippen LogP contribution >= 0.6 is 21.6 Å². The summed E-state index contributed by atoms with van der Waals surface area (Å²) in [6.45, 7) is 10.3. The zero-order valence-electron chi connectivity index (χ0n) is 65.1. The molecule has 0 bridgehead atoms. The molecule has 26 N–H and O–H groups in total. The van der Waals surface area contributed by atoms with Crippen LogP contribution in [0.3, 0.4) is 0 Å². The highest BCUT2D eigenvalue weighted by Crippen LogP contribution is 2.44. The summed E-state index contributed by atoms with van der Waals surface area (Å²) in [5.74, 6) is -14.4. The van der Waals surface area contributed by atoms with Crippen LogP contribution in [0.4, 0.5) is 0 Å². The third kappa shape index (κ3) is 28.9. The Labute approximate surface area is 664 Å². The first-order valence-electron chi connectivity index (χ1n) is 37.8. The number of hydrogen-bond donors (Lipinski definition) is 19. The van der Waals surface area contributed by atoms with Gasteiger partial charge in [-0.15, -0.1) is 0 Å². The van der Waals surface area contributed by atoms with Crippen LogP contribution in [0.15, 0.2) is 87.9 Å². The zero-order chi connectivity index (χ0) is 83.4. The van der Waals surface area contributed by atoms with Crippen molar-refractivity contribution in [1.29, 1.82) is 5.41 Å². The molecule has 12 atom stereocenters. The van der Waals surface area contributed by atoms with Gasteiger partial charge in [0.05, 0.1) is 23.9 Å². The molecular weight excluding hydrogens is 1500 g/mol. The predicted octanol–water partition coefficient (Wildman–Crippen LogP) is 0.489. The van der Waals surface area contributed by atoms with Crippen LogP contribution in [0, 0.1) is 22.7 Å². The van der Waals surface area contributed by atoms with E-state index in [-0.39, 0.29) is 146 Å². The number of Topliss-reactive ketones (excluding diaryl/α,β-unsaturated/α-hetero) is 2. The molecule has 2 fully saturated rings. The van der Waals surface area contributed by atoms with Crippen LogP contribution < -0.4 is 82.7 Å². The van der Waals surface area contributed by atoms with Crippen molar-refractivity contribution in [2.75, 3.05) is 31.9 Å². The maximum absolute atomic E-state index is 15.9. The highest BCUT2D eigenvalue weighted by atomic mass is 33.1. The Hall–Kier alpha value is -10.6. The quantitative estimate of drug-likeness (QED) is 0.0141. The molecule has 4 aromatic rings. The lowest BCUT2D eigenvalue weighted by molar-refractivity contribution is -0.146. The number of carboxylic acid groups (broad SMARTS) is 1. The van der Waals surface area contributed by atoms with Gasteiger partial charge in [-0.3, -0.25) is 73.1 Å². The summed E-state index contributed by atoms with van der Waals surface area (Å²) in [6, 6.07) is 6.84. The number of nitrogens with zero attached hydrogens (tertiary/aromatic N) is 4. The summed E-state index contributed by atoms with van der Waals surface area (Å²) in [6.07, 6.45) is -0.894. The second kappa shape index (κ2) is 43.5. The molecule has 618 valence electrons. The van der Waals surface area contributed by atoms with Crippen LogP contribution in [-0.2, 0) is 70.4 Å². The first-order valence-corrected chi connectivity index (χ1v) is 40.1. The predicted molar refractivity (Wildman–Crippen MR) is 435 cm³/mol. The van der Waals surface area contributed by atoms with E-state index in [9.17, 15) is 39.0 Å². The Balaban J connectivity index is 1.52. The monoisotopic (exact) mass is 1610 g/mol. The van der Waals surface area contributed by atoms with E-state index >= 15 is 28.8 Å². The average molecular weight is 1610 g/mol. The van der Waals surface area contributed by atoms with E-state index in [1.165, 1.54) is 11.8 Å². The molecule has 6 rings (SSSR count). The summed E-state index contributed by atoms with van der Waals surface area (Å²) >= 11 is 0. The third-order valence-electron chi connectivity index (χ3n) is 19.6. The van der Waals surface area contributed by atoms with Crippen LogP contribution in [-0.4, -0.2) is 212 Å². The van der Waals surface area contributed by atoms with Gasteiger partial charge in [0.2, 0.25) is 53.2 Å². The Morgan fingerprint density at radius 3 is 1.81 bits per heavy atom. The van der Waals surface area contributed by atoms with E-state index in [4.69, 9.17) is 45.5 Å². The fourth-order valence-electron chi connectivity index (χ4n) is 13.5. The Morgan fingerprint density at radius 1 is 0.690 bits per heavy atom. The summed E-state index contributed by atoms with van der Waals surface area (Å²) in [5, 5.41) is 53.8. The number of unbranched alkanes of at least 4 members (excludes halogenated alkanes) is 1. The number of carbonyl (C=O) groups is 12. The third-order valence-corrected chi connectivity index (χ3v) is 23.0. The number of amides is 9. The number of para-hydroxylation sites is 1. The lowest BCUT2D eigenvalue weighted by Crippen LogP contribution is -2.60. The minimum Gasteiger partial charge on any atom is -0.480 e. The lowest BCUT2D eigenvalue weighted by Gasteiger charge is -2.35. The van der Waals surface area contributed by atoms with Crippen LogP contribution in [0.25, 0.3) is 21.7 Å². The van der Waals surface area contributed by atoms with Gasteiger partial charge in [0.25, 0.3) is 0 Å². The van der Waals surface area contributed by atoms with Crippen molar-refractivity contribution in [1.82, 2.24) is 52.4 Å². The fraction of sp³-hybridized carbons (Fsp3) is 0.553. The van der Waals surface area contributed by atoms with Crippen molar-refractivity contribution < 1.29 is 67.7 Å². The molecule has 1 aromatic heterocycles. The SMILES string of the molecule is CC(=O)N[C@H]1CSSC(C)(C)[C@@H](C(=O)N[C@H](C(=O)C[C@@H](CCCN=C(N)N)C(=O)N[C@H](C(=O)O)C(C)(C)C)[C@@H](C)O)CC(=O)[C@@H]2CCCN2C(=O)[C@H](Cc2c[nH]c3ccccc23)NC(=O)[C@H](Cc2ccc3ccccc3c2)NC(=O)[C@H](CCCN=C(N)N)NC(=O)[C@H](CCCN=C(N)N)NC(=O)[C@@H](CCCCC(=N)N)NC1=O. The molecule has 0 spiro atoms. The average Bonchev–Trinajstić information content (AvgIpc) is 1.73. The number of guanidine groups is 3. The molecule has 0 unspecified atom stereocenters. The van der Waals surface area contributed by atoms with Gasteiger partial charge in [0.1, 0.15) is 48.3 Å². The highest BCUT2D eigenvalue weighted by molar-refractivity contribution is 8.77. The maximum Gasteiger partial charge on any atom is 0.326 e. The lowest BCUT2D eigenvalue weighted by atomic mass is 9.85. The van der Waals surface area contributed by atoms with Gasteiger partial charge in [-0.1, -0.05) is 109 Å². The molecule has 0 saturated carbocycles. The van der Waals surface area contributed by atoms with Gasteiger partial charge in [-0.2, -0.15) is 0 Å². The first-order chi connectivity index (χ1) is 53.3. The topological polar surface area (TPSA) is 604 Å². The largest absolute Gasteiger partial charge is 0.480 e. The van der Waals surface area contributed by atoms with Gasteiger partial charge < -0.3 is 103 Å². The minimum atomic E-state index is -1.77. The molecule has 9 amide bonds. The maximum atomic E-state index is 15.9. The van der Waals surface area contributed by atoms with Crippen molar-refractivity contribution in [3.8, 4) is 0 Å². The Kier molecular flexibility index (Phi) is 35.1. The number of ketones is 2. The summed E-state index contributed by atoms with van der Waals surface area (Å²) in [7, 11) is 1.98. The van der Waals surface area contributed by atoms with Crippen LogP contribution in [0.1, 0.15) is 149 Å². The van der Waals surface area contributed by atoms with E-state index < -0.39 is 166 Å². The number of benzene rings is 3. The number of aliphatic carboxylic acids is 1. The van der Waals surface area contributed by atoms with Crippen molar-refractivity contribution in [2.45, 2.75) is 216 Å². The van der Waals surface area contributed by atoms with E-state index in [0.29, 0.717) is 22.0 Å². The molecule has 2 aliphatic heterocycles. The number of aliphatic hydroxyl groups is 1. The number of amidine groups is 1. The molecule has 3 aromatic carbocycles. The molecule has 37 heteroatoms.